The third-order valence-corrected chi connectivity index (χ3v) is 12.6. The summed E-state index contributed by atoms with van der Waals surface area (Å²) < 4.78 is 37.1. The standard InChI is InChI=1S/C37H67NO13.C5H5N3O/c1-14-25-37(10,45)30(41)20(4)27(39)18(2)16-35(8,44)32(51-34-28(40)24(38(11)12)15-19(3)47-34)21(5)29(22(6)33(43)49-25)50-26-17-36(9,46-13)31(42)23(7)48-26;6-5(9)4-3-7-1-2-8-4/h18-26,28-32,34,40-42,44-45H,14-17H2,1-13H3;1-3H,(H2,6,9)/t18-,19?,20+,21+,22-,23?,24?,25?,26?,28?,29+,30-,31?,32-,34?,35-,36?,37-;/m1./s1. The van der Waals surface area contributed by atoms with E-state index in [1.54, 1.807) is 41.5 Å². The van der Waals surface area contributed by atoms with Crippen LogP contribution in [0.25, 0.3) is 0 Å². The Labute approximate surface area is 354 Å². The number of primary amides is 1. The Morgan fingerprint density at radius 2 is 1.58 bits per heavy atom. The van der Waals surface area contributed by atoms with Crippen LogP contribution >= 0.6 is 0 Å². The lowest BCUT2D eigenvalue weighted by Gasteiger charge is -2.49. The number of nitrogens with two attached hydrogens (primary N) is 1. The topological polar surface area (TPSA) is 263 Å². The minimum atomic E-state index is -1.99. The largest absolute Gasteiger partial charge is 0.459 e. The molecule has 0 aliphatic carbocycles. The van der Waals surface area contributed by atoms with E-state index in [0.29, 0.717) is 6.42 Å². The van der Waals surface area contributed by atoms with Gasteiger partial charge in [0.2, 0.25) is 0 Å². The van der Waals surface area contributed by atoms with Gasteiger partial charge in [-0.15, -0.1) is 0 Å². The van der Waals surface area contributed by atoms with Crippen LogP contribution in [0.3, 0.4) is 0 Å². The molecule has 344 valence electrons. The summed E-state index contributed by atoms with van der Waals surface area (Å²) in [5.41, 5.74) is 0.225. The third kappa shape index (κ3) is 12.0. The van der Waals surface area contributed by atoms with Crippen molar-refractivity contribution >= 4 is 17.7 Å². The highest BCUT2D eigenvalue weighted by Crippen LogP contribution is 2.40. The third-order valence-electron chi connectivity index (χ3n) is 12.6. The van der Waals surface area contributed by atoms with Gasteiger partial charge < -0.3 is 64.6 Å². The summed E-state index contributed by atoms with van der Waals surface area (Å²) in [6, 6.07) is -0.324. The van der Waals surface area contributed by atoms with Crippen LogP contribution in [0.5, 0.6) is 0 Å². The minimum Gasteiger partial charge on any atom is -0.459 e. The van der Waals surface area contributed by atoms with E-state index in [2.05, 4.69) is 9.97 Å². The average Bonchev–Trinajstić information content (AvgIpc) is 3.19. The number of hydrogen-bond acceptors (Lipinski definition) is 17. The van der Waals surface area contributed by atoms with Crippen LogP contribution in [0.2, 0.25) is 0 Å². The molecule has 3 aliphatic rings. The fourth-order valence-electron chi connectivity index (χ4n) is 8.84. The highest BCUT2D eigenvalue weighted by Gasteiger charge is 2.53. The number of methoxy groups -OCH3 is 1. The fourth-order valence-corrected chi connectivity index (χ4v) is 8.84. The lowest BCUT2D eigenvalue weighted by atomic mass is 9.74. The van der Waals surface area contributed by atoms with E-state index in [4.69, 9.17) is 34.2 Å². The summed E-state index contributed by atoms with van der Waals surface area (Å²) in [5, 5.41) is 57.6. The summed E-state index contributed by atoms with van der Waals surface area (Å²) >= 11 is 0. The Morgan fingerprint density at radius 3 is 2.10 bits per heavy atom. The average molecular weight is 857 g/mol. The Morgan fingerprint density at radius 1 is 0.950 bits per heavy atom. The summed E-state index contributed by atoms with van der Waals surface area (Å²) in [5.74, 6) is -5.53. The molecule has 3 aliphatic heterocycles. The van der Waals surface area contributed by atoms with Gasteiger partial charge in [0, 0.05) is 49.7 Å². The van der Waals surface area contributed by atoms with Crippen LogP contribution in [-0.4, -0.2) is 164 Å². The monoisotopic (exact) mass is 857 g/mol. The highest BCUT2D eigenvalue weighted by molar-refractivity contribution is 5.90. The molecule has 0 aromatic carbocycles. The number of carbonyl (C=O) groups is 3. The molecule has 18 atom stereocenters. The molecular formula is C42H72N4O14. The van der Waals surface area contributed by atoms with Crippen molar-refractivity contribution in [3.05, 3.63) is 24.3 Å². The van der Waals surface area contributed by atoms with Crippen LogP contribution in [-0.2, 0) is 38.0 Å². The van der Waals surface area contributed by atoms with Gasteiger partial charge in [-0.2, -0.15) is 0 Å². The van der Waals surface area contributed by atoms with Gasteiger partial charge in [0.05, 0.1) is 53.8 Å². The molecule has 0 saturated carbocycles. The Hall–Kier alpha value is -2.75. The molecule has 4 rings (SSSR count). The molecule has 3 fully saturated rings. The molecule has 1 aromatic heterocycles. The van der Waals surface area contributed by atoms with Crippen molar-refractivity contribution in [1.29, 1.82) is 0 Å². The van der Waals surface area contributed by atoms with E-state index in [-0.39, 0.29) is 37.1 Å². The normalized spacial score (nSPS) is 43.6. The molecule has 1 aromatic rings. The first-order chi connectivity index (χ1) is 27.7. The number of Topliss-reactive ketones (excluding diaryl/α,β-unsaturated/α-hetero) is 1. The van der Waals surface area contributed by atoms with Crippen molar-refractivity contribution in [2.75, 3.05) is 21.2 Å². The number of hydrogen-bond donors (Lipinski definition) is 6. The number of carbonyl (C=O) groups excluding carboxylic acids is 3. The molecule has 3 saturated heterocycles. The smallest absolute Gasteiger partial charge is 0.311 e. The van der Waals surface area contributed by atoms with Crippen molar-refractivity contribution in [3.8, 4) is 0 Å². The molecule has 60 heavy (non-hydrogen) atoms. The lowest BCUT2D eigenvalue weighted by molar-refractivity contribution is -0.318. The number of ketones is 1. The zero-order chi connectivity index (χ0) is 45.7. The van der Waals surface area contributed by atoms with Gasteiger partial charge in [-0.05, 0) is 74.9 Å². The Bertz CT molecular complexity index is 1550. The van der Waals surface area contributed by atoms with Crippen LogP contribution in [0.1, 0.15) is 105 Å². The van der Waals surface area contributed by atoms with Crippen molar-refractivity contribution in [2.45, 2.75) is 179 Å². The van der Waals surface area contributed by atoms with Gasteiger partial charge >= 0.3 is 5.97 Å². The summed E-state index contributed by atoms with van der Waals surface area (Å²) in [7, 11) is 5.18. The number of amides is 1. The van der Waals surface area contributed by atoms with Gasteiger partial charge in [-0.3, -0.25) is 19.4 Å². The van der Waals surface area contributed by atoms with E-state index in [9.17, 15) is 39.9 Å². The van der Waals surface area contributed by atoms with Crippen molar-refractivity contribution in [2.24, 2.45) is 29.4 Å². The predicted molar refractivity (Wildman–Crippen MR) is 217 cm³/mol. The second-order valence-electron chi connectivity index (χ2n) is 17.9. The summed E-state index contributed by atoms with van der Waals surface area (Å²) in [6.07, 6.45) is -5.49. The first kappa shape index (κ1) is 51.6. The zero-order valence-corrected chi connectivity index (χ0v) is 37.6. The van der Waals surface area contributed by atoms with E-state index >= 15 is 0 Å². The first-order valence-corrected chi connectivity index (χ1v) is 20.9. The Balaban J connectivity index is 0.000000940. The number of cyclic esters (lactones) is 1. The number of esters is 1. The number of rotatable bonds is 8. The van der Waals surface area contributed by atoms with Gasteiger partial charge in [0.25, 0.3) is 5.91 Å². The number of ether oxygens (including phenoxy) is 6. The second-order valence-corrected chi connectivity index (χ2v) is 17.9. The predicted octanol–water partition coefficient (Wildman–Crippen LogP) is 1.36. The zero-order valence-electron chi connectivity index (χ0n) is 37.6. The van der Waals surface area contributed by atoms with Gasteiger partial charge in [-0.25, -0.2) is 4.98 Å². The van der Waals surface area contributed by atoms with Gasteiger partial charge in [0.15, 0.2) is 12.6 Å². The lowest BCUT2D eigenvalue weighted by Crippen LogP contribution is -2.61. The molecule has 0 radical (unpaired) electrons. The molecule has 0 spiro atoms. The molecule has 18 heteroatoms. The van der Waals surface area contributed by atoms with Crippen LogP contribution in [0.15, 0.2) is 18.6 Å². The SMILES string of the molecule is CCC1OC(=O)[C@H](C)[C@@H](OC2CC(C)(OC)C(O)C(C)O2)[C@H](C)[C@@H](OC2OC(C)CC(N(C)C)C2O)[C@](C)(O)C[C@@H](C)C(=O)[C@H](C)[C@@H](O)[C@]1(C)O.NC(=O)c1cnccn1. The molecule has 4 heterocycles. The van der Waals surface area contributed by atoms with Crippen LogP contribution in [0.4, 0.5) is 0 Å². The summed E-state index contributed by atoms with van der Waals surface area (Å²) in [4.78, 5) is 47.4. The van der Waals surface area contributed by atoms with E-state index in [0.717, 1.165) is 0 Å². The maximum absolute atomic E-state index is 14.1. The van der Waals surface area contributed by atoms with Gasteiger partial charge in [-0.1, -0.05) is 27.7 Å². The van der Waals surface area contributed by atoms with E-state index < -0.39 is 113 Å². The highest BCUT2D eigenvalue weighted by atomic mass is 16.7. The first-order valence-electron chi connectivity index (χ1n) is 20.9. The van der Waals surface area contributed by atoms with E-state index in [1.165, 1.54) is 46.5 Å². The quantitative estimate of drug-likeness (QED) is 0.202. The number of nitrogens with zero attached hydrogens (tertiary/aromatic N) is 3. The molecule has 0 bridgehead atoms. The number of aliphatic hydroxyl groups excluding tert-OH is 3. The van der Waals surface area contributed by atoms with Crippen molar-refractivity contribution < 1.29 is 68.3 Å². The maximum Gasteiger partial charge on any atom is 0.311 e. The molecule has 9 unspecified atom stereocenters. The molecule has 7 N–H and O–H groups in total. The number of likely N-dealkylation sites (N-methyl/N-ethyl adjacent to an activating group) is 1. The molecular weight excluding hydrogens is 784 g/mol. The molecule has 18 nitrogen and oxygen atoms in total. The minimum absolute atomic E-state index is 0.0936. The summed E-state index contributed by atoms with van der Waals surface area (Å²) in [6.45, 7) is 16.3. The fraction of sp³-hybridized carbons (Fsp3) is 0.833. The van der Waals surface area contributed by atoms with Gasteiger partial charge in [0.1, 0.15) is 35.4 Å². The number of aromatic nitrogens is 2. The number of aliphatic hydroxyl groups is 5. The Kier molecular flexibility index (Phi) is 18.1. The van der Waals surface area contributed by atoms with Crippen molar-refractivity contribution in [3.63, 3.8) is 0 Å². The van der Waals surface area contributed by atoms with Crippen molar-refractivity contribution in [1.82, 2.24) is 14.9 Å². The van der Waals surface area contributed by atoms with Crippen LogP contribution < -0.4 is 5.73 Å². The second kappa shape index (κ2) is 21.1. The maximum atomic E-state index is 14.1. The van der Waals surface area contributed by atoms with Crippen LogP contribution in [0, 0.1) is 23.7 Å². The van der Waals surface area contributed by atoms with E-state index in [1.807, 2.05) is 25.9 Å². The molecule has 1 amide bonds.